The van der Waals surface area contributed by atoms with Crippen LogP contribution in [0.1, 0.15) is 41.8 Å². The maximum Gasteiger partial charge on any atom is 0.191 e. The van der Waals surface area contributed by atoms with Crippen molar-refractivity contribution in [2.24, 2.45) is 4.99 Å². The zero-order chi connectivity index (χ0) is 17.6. The molecular weight excluding hydrogens is 316 g/mol. The summed E-state index contributed by atoms with van der Waals surface area (Å²) < 4.78 is 0. The lowest BCUT2D eigenvalue weighted by Crippen LogP contribution is -2.43. The molecule has 0 saturated carbocycles. The SMILES string of the molecule is CCNC(=NCc1ncc(C)s1)NCC(C)(C)c1ccccc1C. The lowest BCUT2D eigenvalue weighted by Gasteiger charge is -2.28. The van der Waals surface area contributed by atoms with E-state index in [2.05, 4.69) is 79.5 Å². The van der Waals surface area contributed by atoms with Gasteiger partial charge in [0.2, 0.25) is 0 Å². The molecule has 24 heavy (non-hydrogen) atoms. The molecule has 1 aromatic heterocycles. The molecule has 0 atom stereocenters. The van der Waals surface area contributed by atoms with Crippen LogP contribution in [-0.2, 0) is 12.0 Å². The maximum atomic E-state index is 4.66. The number of guanidine groups is 1. The van der Waals surface area contributed by atoms with E-state index in [9.17, 15) is 0 Å². The van der Waals surface area contributed by atoms with E-state index < -0.39 is 0 Å². The van der Waals surface area contributed by atoms with E-state index in [-0.39, 0.29) is 5.41 Å². The number of hydrogen-bond donors (Lipinski definition) is 2. The number of thiazole rings is 1. The Labute approximate surface area is 149 Å². The van der Waals surface area contributed by atoms with Crippen molar-refractivity contribution in [2.45, 2.75) is 46.6 Å². The van der Waals surface area contributed by atoms with Crippen LogP contribution in [0.3, 0.4) is 0 Å². The van der Waals surface area contributed by atoms with E-state index in [0.29, 0.717) is 6.54 Å². The molecule has 2 rings (SSSR count). The van der Waals surface area contributed by atoms with Crippen molar-refractivity contribution in [3.05, 3.63) is 51.5 Å². The average Bonchev–Trinajstić information content (AvgIpc) is 2.96. The molecule has 0 aliphatic rings. The molecule has 0 spiro atoms. The first kappa shape index (κ1) is 18.5. The quantitative estimate of drug-likeness (QED) is 0.619. The van der Waals surface area contributed by atoms with Gasteiger partial charge in [0.1, 0.15) is 5.01 Å². The molecule has 0 unspecified atom stereocenters. The Morgan fingerprint density at radius 2 is 1.96 bits per heavy atom. The highest BCUT2D eigenvalue weighted by molar-refractivity contribution is 7.11. The Hall–Kier alpha value is -1.88. The Morgan fingerprint density at radius 1 is 1.21 bits per heavy atom. The van der Waals surface area contributed by atoms with E-state index in [1.54, 1.807) is 11.3 Å². The predicted molar refractivity (Wildman–Crippen MR) is 104 cm³/mol. The van der Waals surface area contributed by atoms with Gasteiger partial charge in [0.05, 0.1) is 6.54 Å². The van der Waals surface area contributed by atoms with Crippen molar-refractivity contribution in [1.82, 2.24) is 15.6 Å². The van der Waals surface area contributed by atoms with E-state index in [0.717, 1.165) is 24.1 Å². The van der Waals surface area contributed by atoms with Gasteiger partial charge in [0.15, 0.2) is 5.96 Å². The normalized spacial score (nSPS) is 12.3. The van der Waals surface area contributed by atoms with Gasteiger partial charge in [-0.1, -0.05) is 38.1 Å². The minimum Gasteiger partial charge on any atom is -0.357 e. The van der Waals surface area contributed by atoms with Crippen molar-refractivity contribution in [3.8, 4) is 0 Å². The Balaban J connectivity index is 2.03. The Morgan fingerprint density at radius 3 is 2.58 bits per heavy atom. The second-order valence-electron chi connectivity index (χ2n) is 6.61. The van der Waals surface area contributed by atoms with Gasteiger partial charge in [-0.3, -0.25) is 0 Å². The van der Waals surface area contributed by atoms with Gasteiger partial charge in [-0.05, 0) is 31.9 Å². The summed E-state index contributed by atoms with van der Waals surface area (Å²) in [4.78, 5) is 10.3. The lowest BCUT2D eigenvalue weighted by molar-refractivity contribution is 0.506. The van der Waals surface area contributed by atoms with Crippen molar-refractivity contribution in [1.29, 1.82) is 0 Å². The largest absolute Gasteiger partial charge is 0.357 e. The molecule has 4 nitrogen and oxygen atoms in total. The molecule has 0 aliphatic carbocycles. The molecule has 0 fully saturated rings. The molecule has 0 bridgehead atoms. The third-order valence-electron chi connectivity index (χ3n) is 3.96. The first-order valence-corrected chi connectivity index (χ1v) is 9.23. The Kier molecular flexibility index (Phi) is 6.37. The van der Waals surface area contributed by atoms with Gasteiger partial charge >= 0.3 is 0 Å². The van der Waals surface area contributed by atoms with Crippen molar-refractivity contribution in [2.75, 3.05) is 13.1 Å². The zero-order valence-electron chi connectivity index (χ0n) is 15.3. The van der Waals surface area contributed by atoms with Gasteiger partial charge in [-0.15, -0.1) is 11.3 Å². The van der Waals surface area contributed by atoms with Gasteiger partial charge in [0.25, 0.3) is 0 Å². The van der Waals surface area contributed by atoms with Crippen LogP contribution in [0, 0.1) is 13.8 Å². The minimum absolute atomic E-state index is 0.0271. The fourth-order valence-corrected chi connectivity index (χ4v) is 3.41. The molecule has 130 valence electrons. The number of rotatable bonds is 6. The molecule has 2 aromatic rings. The summed E-state index contributed by atoms with van der Waals surface area (Å²) in [6.07, 6.45) is 1.90. The molecule has 0 saturated heterocycles. The summed E-state index contributed by atoms with van der Waals surface area (Å²) in [5.41, 5.74) is 2.72. The monoisotopic (exact) mass is 344 g/mol. The van der Waals surface area contributed by atoms with Crippen molar-refractivity contribution in [3.63, 3.8) is 0 Å². The molecule has 1 heterocycles. The standard InChI is InChI=1S/C19H28N4S/c1-6-20-18(22-12-17-21-11-15(3)24-17)23-13-19(4,5)16-10-8-7-9-14(16)2/h7-11H,6,12-13H2,1-5H3,(H2,20,22,23). The number of aliphatic imine (C=N–C) groups is 1. The van der Waals surface area contributed by atoms with Crippen LogP contribution in [0.4, 0.5) is 0 Å². The molecule has 1 aromatic carbocycles. The topological polar surface area (TPSA) is 49.3 Å². The number of aryl methyl sites for hydroxylation is 2. The van der Waals surface area contributed by atoms with Gasteiger partial charge in [-0.2, -0.15) is 0 Å². The van der Waals surface area contributed by atoms with E-state index in [1.165, 1.54) is 16.0 Å². The molecular formula is C19H28N4S. The lowest BCUT2D eigenvalue weighted by atomic mass is 9.82. The van der Waals surface area contributed by atoms with E-state index in [4.69, 9.17) is 0 Å². The van der Waals surface area contributed by atoms with Crippen molar-refractivity contribution >= 4 is 17.3 Å². The highest BCUT2D eigenvalue weighted by atomic mass is 32.1. The van der Waals surface area contributed by atoms with E-state index in [1.807, 2.05) is 6.20 Å². The third kappa shape index (κ3) is 5.06. The first-order chi connectivity index (χ1) is 11.4. The summed E-state index contributed by atoms with van der Waals surface area (Å²) in [6.45, 7) is 13.1. The molecule has 5 heteroatoms. The zero-order valence-corrected chi connectivity index (χ0v) is 16.1. The number of benzene rings is 1. The van der Waals surface area contributed by atoms with Crippen LogP contribution >= 0.6 is 11.3 Å². The number of nitrogens with one attached hydrogen (secondary N) is 2. The van der Waals surface area contributed by atoms with Gasteiger partial charge in [0, 0.05) is 29.6 Å². The Bertz CT molecular complexity index is 688. The summed E-state index contributed by atoms with van der Waals surface area (Å²) in [5, 5.41) is 7.84. The average molecular weight is 345 g/mol. The second-order valence-corrected chi connectivity index (χ2v) is 7.93. The van der Waals surface area contributed by atoms with Gasteiger partial charge < -0.3 is 10.6 Å². The summed E-state index contributed by atoms with van der Waals surface area (Å²) in [7, 11) is 0. The van der Waals surface area contributed by atoms with Crippen LogP contribution in [0.5, 0.6) is 0 Å². The first-order valence-electron chi connectivity index (χ1n) is 8.42. The highest BCUT2D eigenvalue weighted by Gasteiger charge is 2.22. The number of aromatic nitrogens is 1. The summed E-state index contributed by atoms with van der Waals surface area (Å²) in [6, 6.07) is 8.57. The molecule has 0 amide bonds. The summed E-state index contributed by atoms with van der Waals surface area (Å²) in [5.74, 6) is 0.840. The fourth-order valence-electron chi connectivity index (χ4n) is 2.70. The van der Waals surface area contributed by atoms with E-state index >= 15 is 0 Å². The number of nitrogens with zero attached hydrogens (tertiary/aromatic N) is 2. The van der Waals surface area contributed by atoms with Crippen molar-refractivity contribution < 1.29 is 0 Å². The number of hydrogen-bond acceptors (Lipinski definition) is 3. The summed E-state index contributed by atoms with van der Waals surface area (Å²) >= 11 is 1.70. The van der Waals surface area contributed by atoms with Crippen LogP contribution in [-0.4, -0.2) is 24.0 Å². The van der Waals surface area contributed by atoms with Gasteiger partial charge in [-0.25, -0.2) is 9.98 Å². The van der Waals surface area contributed by atoms with Crippen LogP contribution < -0.4 is 10.6 Å². The van der Waals surface area contributed by atoms with Crippen LogP contribution in [0.15, 0.2) is 35.5 Å². The third-order valence-corrected chi connectivity index (χ3v) is 4.86. The van der Waals surface area contributed by atoms with Crippen LogP contribution in [0.25, 0.3) is 0 Å². The predicted octanol–water partition coefficient (Wildman–Crippen LogP) is 3.79. The fraction of sp³-hybridized carbons (Fsp3) is 0.474. The molecule has 0 radical (unpaired) electrons. The molecule has 2 N–H and O–H groups in total. The second kappa shape index (κ2) is 8.29. The van der Waals surface area contributed by atoms with Crippen LogP contribution in [0.2, 0.25) is 0 Å². The molecule has 0 aliphatic heterocycles. The maximum absolute atomic E-state index is 4.66. The minimum atomic E-state index is 0.0271. The highest BCUT2D eigenvalue weighted by Crippen LogP contribution is 2.25. The smallest absolute Gasteiger partial charge is 0.191 e.